The first-order valence-electron chi connectivity index (χ1n) is 9.47. The number of rotatable bonds is 6. The standard InChI is InChI=1S/C20H22N6OS2/c1-5-17-23-24-19(29-17)21-16(27)6-7-28-20-25-22-15-10-12(3)14-9-11(2)8-13(4)18(14)26(15)20/h8-10H,5-7H2,1-4H3,(H,21,24,27). The summed E-state index contributed by atoms with van der Waals surface area (Å²) in [4.78, 5) is 12.2. The number of hydrogen-bond acceptors (Lipinski definition) is 7. The van der Waals surface area contributed by atoms with Gasteiger partial charge in [0.05, 0.1) is 5.52 Å². The van der Waals surface area contributed by atoms with Crippen LogP contribution in [0.5, 0.6) is 0 Å². The van der Waals surface area contributed by atoms with E-state index >= 15 is 0 Å². The zero-order valence-electron chi connectivity index (χ0n) is 16.8. The van der Waals surface area contributed by atoms with Crippen molar-refractivity contribution in [3.05, 3.63) is 39.9 Å². The molecule has 3 aromatic heterocycles. The maximum Gasteiger partial charge on any atom is 0.227 e. The van der Waals surface area contributed by atoms with Gasteiger partial charge in [-0.1, -0.05) is 41.7 Å². The maximum absolute atomic E-state index is 12.2. The van der Waals surface area contributed by atoms with Crippen molar-refractivity contribution in [2.45, 2.75) is 45.7 Å². The van der Waals surface area contributed by atoms with Gasteiger partial charge in [0.15, 0.2) is 10.8 Å². The molecule has 0 fully saturated rings. The molecule has 1 N–H and O–H groups in total. The predicted octanol–water partition coefficient (Wildman–Crippen LogP) is 4.34. The number of amides is 1. The van der Waals surface area contributed by atoms with E-state index in [1.54, 1.807) is 0 Å². The van der Waals surface area contributed by atoms with Crippen LogP contribution in [0.25, 0.3) is 16.6 Å². The van der Waals surface area contributed by atoms with E-state index in [0.29, 0.717) is 17.3 Å². The highest BCUT2D eigenvalue weighted by molar-refractivity contribution is 7.99. The molecule has 29 heavy (non-hydrogen) atoms. The van der Waals surface area contributed by atoms with E-state index in [-0.39, 0.29) is 5.91 Å². The van der Waals surface area contributed by atoms with Crippen molar-refractivity contribution in [2.24, 2.45) is 0 Å². The van der Waals surface area contributed by atoms with E-state index < -0.39 is 0 Å². The second-order valence-electron chi connectivity index (χ2n) is 6.98. The van der Waals surface area contributed by atoms with Gasteiger partial charge >= 0.3 is 0 Å². The molecule has 0 aliphatic heterocycles. The average molecular weight is 427 g/mol. The first-order valence-corrected chi connectivity index (χ1v) is 11.3. The summed E-state index contributed by atoms with van der Waals surface area (Å²) in [6.45, 7) is 8.34. The molecule has 4 rings (SSSR count). The second kappa shape index (κ2) is 8.08. The highest BCUT2D eigenvalue weighted by atomic mass is 32.2. The highest BCUT2D eigenvalue weighted by Crippen LogP contribution is 2.29. The summed E-state index contributed by atoms with van der Waals surface area (Å²) in [5.41, 5.74) is 5.57. The van der Waals surface area contributed by atoms with Crippen LogP contribution < -0.4 is 5.32 Å². The fourth-order valence-corrected chi connectivity index (χ4v) is 4.95. The molecule has 0 bridgehead atoms. The van der Waals surface area contributed by atoms with E-state index in [4.69, 9.17) is 0 Å². The molecule has 0 atom stereocenters. The Morgan fingerprint density at radius 3 is 2.69 bits per heavy atom. The molecule has 0 aliphatic rings. The Labute approximate surface area is 176 Å². The smallest absolute Gasteiger partial charge is 0.227 e. The third kappa shape index (κ3) is 3.97. The van der Waals surface area contributed by atoms with Crippen LogP contribution in [0.4, 0.5) is 5.13 Å². The molecule has 150 valence electrons. The molecule has 0 radical (unpaired) electrons. The summed E-state index contributed by atoms with van der Waals surface area (Å²) in [7, 11) is 0. The quantitative estimate of drug-likeness (QED) is 0.462. The van der Waals surface area contributed by atoms with E-state index in [0.717, 1.165) is 27.7 Å². The minimum absolute atomic E-state index is 0.0716. The van der Waals surface area contributed by atoms with Crippen molar-refractivity contribution in [1.82, 2.24) is 24.8 Å². The van der Waals surface area contributed by atoms with Crippen LogP contribution in [0, 0.1) is 20.8 Å². The number of carbonyl (C=O) groups is 1. The molecule has 0 spiro atoms. The molecule has 7 nitrogen and oxygen atoms in total. The Kier molecular flexibility index (Phi) is 5.51. The van der Waals surface area contributed by atoms with Crippen molar-refractivity contribution in [3.63, 3.8) is 0 Å². The number of pyridine rings is 1. The van der Waals surface area contributed by atoms with Crippen LogP contribution in [0.1, 0.15) is 35.0 Å². The minimum atomic E-state index is -0.0716. The van der Waals surface area contributed by atoms with Crippen LogP contribution in [-0.2, 0) is 11.2 Å². The molecule has 0 unspecified atom stereocenters. The van der Waals surface area contributed by atoms with Gasteiger partial charge < -0.3 is 5.32 Å². The van der Waals surface area contributed by atoms with Crippen molar-refractivity contribution in [2.75, 3.05) is 11.1 Å². The Bertz CT molecular complexity index is 1210. The minimum Gasteiger partial charge on any atom is -0.301 e. The maximum atomic E-state index is 12.2. The molecule has 0 aliphatic carbocycles. The van der Waals surface area contributed by atoms with Gasteiger partial charge in [-0.25, -0.2) is 0 Å². The molecular weight excluding hydrogens is 404 g/mol. The normalized spacial score (nSPS) is 11.4. The van der Waals surface area contributed by atoms with Crippen molar-refractivity contribution >= 4 is 50.7 Å². The van der Waals surface area contributed by atoms with Gasteiger partial charge in [0.25, 0.3) is 0 Å². The van der Waals surface area contributed by atoms with Gasteiger partial charge in [-0.05, 0) is 50.5 Å². The molecule has 9 heteroatoms. The highest BCUT2D eigenvalue weighted by Gasteiger charge is 2.15. The number of aryl methyl sites for hydroxylation is 4. The van der Waals surface area contributed by atoms with Crippen LogP contribution in [0.2, 0.25) is 0 Å². The summed E-state index contributed by atoms with van der Waals surface area (Å²) >= 11 is 2.95. The molecule has 0 saturated heterocycles. The fourth-order valence-electron chi connectivity index (χ4n) is 3.37. The van der Waals surface area contributed by atoms with Crippen molar-refractivity contribution in [1.29, 1.82) is 0 Å². The monoisotopic (exact) mass is 426 g/mol. The van der Waals surface area contributed by atoms with Gasteiger partial charge in [0.1, 0.15) is 5.01 Å². The van der Waals surface area contributed by atoms with Crippen molar-refractivity contribution in [3.8, 4) is 0 Å². The Morgan fingerprint density at radius 1 is 1.10 bits per heavy atom. The largest absolute Gasteiger partial charge is 0.301 e. The first-order chi connectivity index (χ1) is 14.0. The Hall–Kier alpha value is -2.52. The van der Waals surface area contributed by atoms with Gasteiger partial charge in [0.2, 0.25) is 11.0 Å². The number of nitrogens with one attached hydrogen (secondary N) is 1. The van der Waals surface area contributed by atoms with Gasteiger partial charge in [-0.15, -0.1) is 20.4 Å². The molecule has 1 amide bonds. The zero-order chi connectivity index (χ0) is 20.5. The van der Waals surface area contributed by atoms with Crippen LogP contribution >= 0.6 is 23.1 Å². The SMILES string of the molecule is CCc1nnc(NC(=O)CCSc2nnc3cc(C)c4cc(C)cc(C)c4n23)s1. The molecule has 0 saturated carbocycles. The topological polar surface area (TPSA) is 85.1 Å². The second-order valence-corrected chi connectivity index (χ2v) is 9.11. The summed E-state index contributed by atoms with van der Waals surface area (Å²) in [6.07, 6.45) is 1.18. The fraction of sp³-hybridized carbons (Fsp3) is 0.350. The molecular formula is C20H22N6OS2. The molecule has 1 aromatic carbocycles. The predicted molar refractivity (Wildman–Crippen MR) is 118 cm³/mol. The Morgan fingerprint density at radius 2 is 1.93 bits per heavy atom. The lowest BCUT2D eigenvalue weighted by molar-refractivity contribution is -0.115. The average Bonchev–Trinajstić information content (AvgIpc) is 3.28. The number of carbonyl (C=O) groups excluding carboxylic acids is 1. The number of hydrogen-bond donors (Lipinski definition) is 1. The molecule has 4 aromatic rings. The van der Waals surface area contributed by atoms with E-state index in [1.165, 1.54) is 45.2 Å². The number of benzene rings is 1. The Balaban J connectivity index is 1.52. The van der Waals surface area contributed by atoms with E-state index in [2.05, 4.69) is 69.1 Å². The van der Waals surface area contributed by atoms with Crippen LogP contribution in [0.15, 0.2) is 23.4 Å². The summed E-state index contributed by atoms with van der Waals surface area (Å²) < 4.78 is 2.10. The summed E-state index contributed by atoms with van der Waals surface area (Å²) in [6, 6.07) is 6.44. The summed E-state index contributed by atoms with van der Waals surface area (Å²) in [5, 5.41) is 23.0. The number of nitrogens with zero attached hydrogens (tertiary/aromatic N) is 5. The number of thioether (sulfide) groups is 1. The lowest BCUT2D eigenvalue weighted by Gasteiger charge is -2.11. The van der Waals surface area contributed by atoms with Crippen molar-refractivity contribution < 1.29 is 4.79 Å². The van der Waals surface area contributed by atoms with E-state index in [1.807, 2.05) is 6.92 Å². The first kappa shape index (κ1) is 19.8. The van der Waals surface area contributed by atoms with Gasteiger partial charge in [-0.2, -0.15) is 0 Å². The lowest BCUT2D eigenvalue weighted by atomic mass is 10.0. The lowest BCUT2D eigenvalue weighted by Crippen LogP contribution is -2.12. The van der Waals surface area contributed by atoms with E-state index in [9.17, 15) is 4.79 Å². The number of anilines is 1. The molecule has 3 heterocycles. The van der Waals surface area contributed by atoms with Gasteiger partial charge in [-0.3, -0.25) is 9.20 Å². The number of aromatic nitrogens is 5. The third-order valence-electron chi connectivity index (χ3n) is 4.67. The number of fused-ring (bicyclic) bond motifs is 3. The van der Waals surface area contributed by atoms with Crippen LogP contribution in [0.3, 0.4) is 0 Å². The third-order valence-corrected chi connectivity index (χ3v) is 6.59. The van der Waals surface area contributed by atoms with Gasteiger partial charge in [0, 0.05) is 17.6 Å². The summed E-state index contributed by atoms with van der Waals surface area (Å²) in [5.74, 6) is 0.532. The zero-order valence-corrected chi connectivity index (χ0v) is 18.4. The van der Waals surface area contributed by atoms with Crippen LogP contribution in [-0.4, -0.2) is 36.5 Å².